The number of nitrogens with one attached hydrogen (secondary N) is 1. The van der Waals surface area contributed by atoms with Crippen molar-refractivity contribution in [3.63, 3.8) is 0 Å². The van der Waals surface area contributed by atoms with Crippen LogP contribution in [0.15, 0.2) is 11.1 Å². The van der Waals surface area contributed by atoms with Crippen LogP contribution < -0.4 is 5.56 Å². The van der Waals surface area contributed by atoms with Crippen LogP contribution in [0.1, 0.15) is 52.2 Å². The van der Waals surface area contributed by atoms with E-state index in [1.807, 2.05) is 11.5 Å². The number of hydrogen-bond donors (Lipinski definition) is 1. The smallest absolute Gasteiger partial charge is 0.279 e. The summed E-state index contributed by atoms with van der Waals surface area (Å²) in [6.07, 6.45) is 1.61. The van der Waals surface area contributed by atoms with E-state index >= 15 is 0 Å². The second-order valence-electron chi connectivity index (χ2n) is 10.2. The van der Waals surface area contributed by atoms with Gasteiger partial charge in [0.05, 0.1) is 6.33 Å². The third-order valence-corrected chi connectivity index (χ3v) is 12.9. The third kappa shape index (κ3) is 5.57. The van der Waals surface area contributed by atoms with Gasteiger partial charge >= 0.3 is 0 Å². The van der Waals surface area contributed by atoms with E-state index in [-0.39, 0.29) is 33.4 Å². The maximum atomic E-state index is 12.5. The molecule has 0 aromatic carbocycles. The van der Waals surface area contributed by atoms with E-state index in [0.29, 0.717) is 30.1 Å². The summed E-state index contributed by atoms with van der Waals surface area (Å²) in [6, 6.07) is 0. The highest BCUT2D eigenvalue weighted by molar-refractivity contribution is 8.00. The standard InChI is InChI=1S/C23H37N5O4SSi/c1-10-16-18(31-15(3)30-12-11-24-7)19(32-34(8,9)23(4,5)6)22(33-16)28-13-25-17-20(28)26-14(2)27-21(17)29/h13,15-16,18-19,22H,10-12H2,1-6,8-9H3,(H,26,27,29)/t15?,16-,18-,19-,22-/m1/s1. The largest absolute Gasteiger partial charge is 0.408 e. The molecule has 188 valence electrons. The molecular weight excluding hydrogens is 470 g/mol. The second-order valence-corrected chi connectivity index (χ2v) is 16.3. The molecule has 0 aliphatic carbocycles. The van der Waals surface area contributed by atoms with Crippen LogP contribution in [-0.2, 0) is 13.9 Å². The molecule has 2 aromatic rings. The van der Waals surface area contributed by atoms with Gasteiger partial charge in [-0.3, -0.25) is 9.36 Å². The van der Waals surface area contributed by atoms with Gasteiger partial charge in [-0.1, -0.05) is 27.7 Å². The van der Waals surface area contributed by atoms with E-state index in [2.05, 4.69) is 60.6 Å². The number of imidazole rings is 1. The van der Waals surface area contributed by atoms with Crippen molar-refractivity contribution in [2.45, 2.75) is 95.2 Å². The van der Waals surface area contributed by atoms with Gasteiger partial charge < -0.3 is 23.7 Å². The summed E-state index contributed by atoms with van der Waals surface area (Å²) in [5, 5.41) is 0.0168. The summed E-state index contributed by atoms with van der Waals surface area (Å²) in [5.74, 6) is 0.547. The predicted octanol–water partition coefficient (Wildman–Crippen LogP) is 4.51. The highest BCUT2D eigenvalue weighted by atomic mass is 32.2. The molecule has 1 unspecified atom stereocenters. The molecule has 1 aliphatic rings. The first kappa shape index (κ1) is 26.9. The average molecular weight is 508 g/mol. The molecule has 0 amide bonds. The number of aryl methyl sites for hydroxylation is 1. The Bertz CT molecular complexity index is 1090. The lowest BCUT2D eigenvalue weighted by Crippen LogP contribution is -2.49. The lowest BCUT2D eigenvalue weighted by Gasteiger charge is -2.41. The van der Waals surface area contributed by atoms with Gasteiger partial charge in [-0.25, -0.2) is 16.5 Å². The van der Waals surface area contributed by atoms with Gasteiger partial charge in [-0.2, -0.15) is 0 Å². The lowest BCUT2D eigenvalue weighted by molar-refractivity contribution is -0.177. The Labute approximate surface area is 206 Å². The van der Waals surface area contributed by atoms with E-state index in [1.165, 1.54) is 0 Å². The Morgan fingerprint density at radius 1 is 1.35 bits per heavy atom. The maximum absolute atomic E-state index is 12.5. The molecule has 0 bridgehead atoms. The molecule has 0 radical (unpaired) electrons. The van der Waals surface area contributed by atoms with Gasteiger partial charge in [0.1, 0.15) is 30.0 Å². The number of aromatic nitrogens is 4. The Morgan fingerprint density at radius 2 is 2.06 bits per heavy atom. The van der Waals surface area contributed by atoms with Crippen molar-refractivity contribution in [2.24, 2.45) is 0 Å². The molecule has 5 atom stereocenters. The van der Waals surface area contributed by atoms with Gasteiger partial charge in [0.15, 0.2) is 25.8 Å². The summed E-state index contributed by atoms with van der Waals surface area (Å²) in [4.78, 5) is 27.5. The van der Waals surface area contributed by atoms with E-state index in [4.69, 9.17) is 20.5 Å². The molecule has 3 heterocycles. The van der Waals surface area contributed by atoms with Gasteiger partial charge in [0.25, 0.3) is 5.56 Å². The fraction of sp³-hybridized carbons (Fsp3) is 0.739. The van der Waals surface area contributed by atoms with Crippen molar-refractivity contribution in [1.29, 1.82) is 0 Å². The number of rotatable bonds is 9. The van der Waals surface area contributed by atoms with Gasteiger partial charge in [0, 0.05) is 5.25 Å². The minimum absolute atomic E-state index is 0.0117. The van der Waals surface area contributed by atoms with Gasteiger partial charge in [-0.05, 0) is 38.4 Å². The third-order valence-electron chi connectivity index (χ3n) is 6.65. The van der Waals surface area contributed by atoms with Crippen LogP contribution in [-0.4, -0.2) is 64.7 Å². The Morgan fingerprint density at radius 3 is 2.68 bits per heavy atom. The van der Waals surface area contributed by atoms with E-state index in [0.717, 1.165) is 6.42 Å². The molecule has 1 aliphatic heterocycles. The number of H-pyrrole nitrogens is 1. The summed E-state index contributed by atoms with van der Waals surface area (Å²) >= 11 is 1.77. The van der Waals surface area contributed by atoms with Crippen molar-refractivity contribution in [2.75, 3.05) is 13.2 Å². The number of nitrogens with zero attached hydrogens (tertiary/aromatic N) is 4. The number of fused-ring (bicyclic) bond motifs is 1. The Balaban J connectivity index is 2.02. The SMILES string of the molecule is [C-]#[N+]CCOC(C)O[C@H]1[C@@H](O[Si](C)(C)C(C)(C)C)[C@H](n2cnc3c(=O)[nH]c(C)nc32)S[C@@H]1CC. The summed E-state index contributed by atoms with van der Waals surface area (Å²) in [7, 11) is -2.18. The lowest BCUT2D eigenvalue weighted by atomic mass is 10.1. The van der Waals surface area contributed by atoms with Crippen molar-refractivity contribution >= 4 is 31.2 Å². The maximum Gasteiger partial charge on any atom is 0.279 e. The molecule has 0 saturated carbocycles. The van der Waals surface area contributed by atoms with E-state index < -0.39 is 14.6 Å². The average Bonchev–Trinajstić information content (AvgIpc) is 3.29. The predicted molar refractivity (Wildman–Crippen MR) is 137 cm³/mol. The molecular formula is C23H37N5O4SSi. The summed E-state index contributed by atoms with van der Waals surface area (Å²) in [5.41, 5.74) is 0.637. The van der Waals surface area contributed by atoms with Gasteiger partial charge in [-0.15, -0.1) is 11.8 Å². The molecule has 34 heavy (non-hydrogen) atoms. The molecule has 1 N–H and O–H groups in total. The molecule has 2 aromatic heterocycles. The highest BCUT2D eigenvalue weighted by Gasteiger charge is 2.51. The van der Waals surface area contributed by atoms with Crippen LogP contribution in [0.3, 0.4) is 0 Å². The first-order valence-electron chi connectivity index (χ1n) is 11.8. The van der Waals surface area contributed by atoms with Crippen molar-refractivity contribution in [3.05, 3.63) is 33.9 Å². The zero-order chi connectivity index (χ0) is 25.3. The van der Waals surface area contributed by atoms with Gasteiger partial charge in [0.2, 0.25) is 6.54 Å². The minimum atomic E-state index is -2.18. The number of thioether (sulfide) groups is 1. The van der Waals surface area contributed by atoms with Crippen LogP contribution in [0.5, 0.6) is 0 Å². The fourth-order valence-corrected chi connectivity index (χ4v) is 6.79. The summed E-state index contributed by atoms with van der Waals surface area (Å²) < 4.78 is 21.2. The first-order valence-corrected chi connectivity index (χ1v) is 15.6. The molecule has 1 fully saturated rings. The van der Waals surface area contributed by atoms with E-state index in [9.17, 15) is 4.79 Å². The molecule has 11 heteroatoms. The Kier molecular flexibility index (Phi) is 8.30. The van der Waals surface area contributed by atoms with Crippen molar-refractivity contribution < 1.29 is 13.9 Å². The second kappa shape index (κ2) is 10.5. The normalized spacial score (nSPS) is 24.4. The zero-order valence-electron chi connectivity index (χ0n) is 21.4. The van der Waals surface area contributed by atoms with Crippen LogP contribution >= 0.6 is 11.8 Å². The molecule has 3 rings (SSSR count). The molecule has 0 spiro atoms. The zero-order valence-corrected chi connectivity index (χ0v) is 23.2. The van der Waals surface area contributed by atoms with Crippen LogP contribution in [0.2, 0.25) is 18.1 Å². The highest BCUT2D eigenvalue weighted by Crippen LogP contribution is 2.50. The topological polar surface area (TPSA) is 95.6 Å². The summed E-state index contributed by atoms with van der Waals surface area (Å²) in [6.45, 7) is 24.5. The van der Waals surface area contributed by atoms with Crippen LogP contribution in [0.25, 0.3) is 16.0 Å². The van der Waals surface area contributed by atoms with Crippen LogP contribution in [0, 0.1) is 13.5 Å². The van der Waals surface area contributed by atoms with E-state index in [1.54, 1.807) is 25.0 Å². The number of hydrogen-bond acceptors (Lipinski definition) is 7. The monoisotopic (exact) mass is 507 g/mol. The first-order chi connectivity index (χ1) is 15.9. The molecule has 1 saturated heterocycles. The number of aromatic amines is 1. The Hall–Kier alpha value is -1.71. The number of ether oxygens (including phenoxy) is 2. The van der Waals surface area contributed by atoms with Crippen molar-refractivity contribution in [3.8, 4) is 0 Å². The fourth-order valence-electron chi connectivity index (χ4n) is 3.81. The van der Waals surface area contributed by atoms with Crippen molar-refractivity contribution in [1.82, 2.24) is 19.5 Å². The van der Waals surface area contributed by atoms with Crippen LogP contribution in [0.4, 0.5) is 0 Å². The minimum Gasteiger partial charge on any atom is -0.408 e. The molecule has 9 nitrogen and oxygen atoms in total. The quantitative estimate of drug-likeness (QED) is 0.231.